The maximum absolute atomic E-state index is 12.4. The second-order valence-electron chi connectivity index (χ2n) is 6.14. The second-order valence-corrected chi connectivity index (χ2v) is 6.14. The highest BCUT2D eigenvalue weighted by molar-refractivity contribution is 5.77. The van der Waals surface area contributed by atoms with E-state index in [4.69, 9.17) is 4.74 Å². The van der Waals surface area contributed by atoms with Gasteiger partial charge < -0.3 is 14.7 Å². The fourth-order valence-electron chi connectivity index (χ4n) is 4.10. The van der Waals surface area contributed by atoms with E-state index < -0.39 is 0 Å². The van der Waals surface area contributed by atoms with E-state index in [1.54, 1.807) is 0 Å². The van der Waals surface area contributed by atoms with Gasteiger partial charge in [-0.05, 0) is 37.0 Å². The van der Waals surface area contributed by atoms with Crippen LogP contribution in [0.25, 0.3) is 0 Å². The van der Waals surface area contributed by atoms with Crippen molar-refractivity contribution in [1.82, 2.24) is 4.90 Å². The van der Waals surface area contributed by atoms with E-state index >= 15 is 0 Å². The second kappa shape index (κ2) is 5.17. The summed E-state index contributed by atoms with van der Waals surface area (Å²) in [5, 5.41) is 9.30. The Labute approximate surface area is 108 Å². The molecule has 1 aliphatic heterocycles. The quantitative estimate of drug-likeness (QED) is 0.817. The highest BCUT2D eigenvalue weighted by Gasteiger charge is 2.41. The average Bonchev–Trinajstić information content (AvgIpc) is 3.01. The molecular weight excluding hydrogens is 230 g/mol. The van der Waals surface area contributed by atoms with E-state index in [-0.39, 0.29) is 18.6 Å². The molecule has 4 nitrogen and oxygen atoms in total. The Balaban J connectivity index is 1.57. The Morgan fingerprint density at radius 3 is 2.89 bits per heavy atom. The van der Waals surface area contributed by atoms with E-state index in [1.807, 2.05) is 4.90 Å². The summed E-state index contributed by atoms with van der Waals surface area (Å²) in [5.74, 6) is 2.53. The number of rotatable bonds is 3. The number of nitrogens with zero attached hydrogens (tertiary/aromatic N) is 1. The first-order valence-corrected chi connectivity index (χ1v) is 7.26. The molecular formula is C14H23NO3. The number of aliphatic hydroxyl groups is 1. The maximum atomic E-state index is 12.4. The van der Waals surface area contributed by atoms with Crippen LogP contribution < -0.4 is 0 Å². The minimum atomic E-state index is -0.121. The predicted octanol–water partition coefficient (Wildman–Crippen LogP) is 1.03. The van der Waals surface area contributed by atoms with Gasteiger partial charge in [-0.25, -0.2) is 0 Å². The van der Waals surface area contributed by atoms with E-state index in [1.165, 1.54) is 25.7 Å². The van der Waals surface area contributed by atoms with Gasteiger partial charge in [-0.15, -0.1) is 0 Å². The van der Waals surface area contributed by atoms with Crippen molar-refractivity contribution in [3.05, 3.63) is 0 Å². The number of hydrogen-bond acceptors (Lipinski definition) is 3. The predicted molar refractivity (Wildman–Crippen MR) is 67.0 cm³/mol. The monoisotopic (exact) mass is 253 g/mol. The molecule has 4 atom stereocenters. The number of amides is 1. The standard InChI is InChI=1S/C14H23NO3/c16-8-13-9-18-4-3-15(13)14(17)7-12-6-10-1-2-11(12)5-10/h10-13,16H,1-9H2/t10-,11-,12+,13+/m0/s1. The molecule has 0 aromatic heterocycles. The van der Waals surface area contributed by atoms with Gasteiger partial charge in [0.15, 0.2) is 0 Å². The summed E-state index contributed by atoms with van der Waals surface area (Å²) in [7, 11) is 0. The molecule has 0 aromatic rings. The molecule has 3 rings (SSSR count). The molecule has 2 aliphatic carbocycles. The van der Waals surface area contributed by atoms with Crippen molar-refractivity contribution in [3.63, 3.8) is 0 Å². The van der Waals surface area contributed by atoms with Crippen molar-refractivity contribution < 1.29 is 14.6 Å². The smallest absolute Gasteiger partial charge is 0.223 e. The van der Waals surface area contributed by atoms with E-state index in [9.17, 15) is 9.90 Å². The maximum Gasteiger partial charge on any atom is 0.223 e. The molecule has 0 aromatic carbocycles. The van der Waals surface area contributed by atoms with E-state index in [0.29, 0.717) is 32.1 Å². The normalized spacial score (nSPS) is 39.3. The van der Waals surface area contributed by atoms with Gasteiger partial charge in [-0.2, -0.15) is 0 Å². The lowest BCUT2D eigenvalue weighted by Gasteiger charge is -2.35. The average molecular weight is 253 g/mol. The van der Waals surface area contributed by atoms with Gasteiger partial charge in [0.25, 0.3) is 0 Å². The van der Waals surface area contributed by atoms with Crippen LogP contribution in [0.3, 0.4) is 0 Å². The molecule has 0 unspecified atom stereocenters. The summed E-state index contributed by atoms with van der Waals surface area (Å²) < 4.78 is 5.32. The van der Waals surface area contributed by atoms with Crippen molar-refractivity contribution in [2.24, 2.45) is 17.8 Å². The topological polar surface area (TPSA) is 49.8 Å². The van der Waals surface area contributed by atoms with Crippen molar-refractivity contribution in [1.29, 1.82) is 0 Å². The zero-order chi connectivity index (χ0) is 12.5. The Morgan fingerprint density at radius 2 is 2.22 bits per heavy atom. The van der Waals surface area contributed by atoms with Crippen LogP contribution >= 0.6 is 0 Å². The summed E-state index contributed by atoms with van der Waals surface area (Å²) in [6.07, 6.45) is 6.01. The first-order valence-electron chi connectivity index (χ1n) is 7.26. The third-order valence-electron chi connectivity index (χ3n) is 5.08. The number of aliphatic hydroxyl groups excluding tert-OH is 1. The number of fused-ring (bicyclic) bond motifs is 2. The number of ether oxygens (including phenoxy) is 1. The van der Waals surface area contributed by atoms with Crippen LogP contribution in [0.4, 0.5) is 0 Å². The summed E-state index contributed by atoms with van der Waals surface area (Å²) in [4.78, 5) is 14.2. The lowest BCUT2D eigenvalue weighted by atomic mass is 9.86. The van der Waals surface area contributed by atoms with Crippen LogP contribution in [0, 0.1) is 17.8 Å². The zero-order valence-corrected chi connectivity index (χ0v) is 10.9. The number of morpholine rings is 1. The van der Waals surface area contributed by atoms with Gasteiger partial charge in [-0.3, -0.25) is 4.79 Å². The Bertz CT molecular complexity index is 320. The molecule has 0 spiro atoms. The molecule has 1 N–H and O–H groups in total. The summed E-state index contributed by atoms with van der Waals surface area (Å²) in [6, 6.07) is -0.121. The van der Waals surface area contributed by atoms with Gasteiger partial charge in [0, 0.05) is 13.0 Å². The summed E-state index contributed by atoms with van der Waals surface area (Å²) >= 11 is 0. The van der Waals surface area contributed by atoms with Crippen LogP contribution in [0.5, 0.6) is 0 Å². The van der Waals surface area contributed by atoms with Gasteiger partial charge in [0.05, 0.1) is 25.9 Å². The number of carbonyl (C=O) groups excluding carboxylic acids is 1. The molecule has 3 aliphatic rings. The Hall–Kier alpha value is -0.610. The van der Waals surface area contributed by atoms with Crippen molar-refractivity contribution in [2.45, 2.75) is 38.1 Å². The van der Waals surface area contributed by atoms with Crippen LogP contribution in [0.2, 0.25) is 0 Å². The van der Waals surface area contributed by atoms with Crippen LogP contribution in [-0.4, -0.2) is 48.3 Å². The van der Waals surface area contributed by atoms with E-state index in [2.05, 4.69) is 0 Å². The third-order valence-corrected chi connectivity index (χ3v) is 5.08. The fourth-order valence-corrected chi connectivity index (χ4v) is 4.10. The molecule has 4 heteroatoms. The van der Waals surface area contributed by atoms with Crippen LogP contribution in [0.15, 0.2) is 0 Å². The highest BCUT2D eigenvalue weighted by atomic mass is 16.5. The molecule has 18 heavy (non-hydrogen) atoms. The largest absolute Gasteiger partial charge is 0.394 e. The number of hydrogen-bond donors (Lipinski definition) is 1. The molecule has 2 bridgehead atoms. The Morgan fingerprint density at radius 1 is 1.33 bits per heavy atom. The van der Waals surface area contributed by atoms with E-state index in [0.717, 1.165) is 11.8 Å². The van der Waals surface area contributed by atoms with Crippen molar-refractivity contribution in [2.75, 3.05) is 26.4 Å². The van der Waals surface area contributed by atoms with Gasteiger partial charge in [0.2, 0.25) is 5.91 Å². The fraction of sp³-hybridized carbons (Fsp3) is 0.929. The van der Waals surface area contributed by atoms with Crippen molar-refractivity contribution >= 4 is 5.91 Å². The SMILES string of the molecule is O=C(C[C@H]1C[C@H]2CC[C@H]1C2)N1CCOC[C@H]1CO. The minimum absolute atomic E-state index is 0.0163. The third kappa shape index (κ3) is 2.28. The Kier molecular flexibility index (Phi) is 3.57. The van der Waals surface area contributed by atoms with Crippen LogP contribution in [-0.2, 0) is 9.53 Å². The lowest BCUT2D eigenvalue weighted by Crippen LogP contribution is -2.50. The molecule has 3 fully saturated rings. The molecule has 102 valence electrons. The van der Waals surface area contributed by atoms with Crippen molar-refractivity contribution in [3.8, 4) is 0 Å². The number of carbonyl (C=O) groups is 1. The first kappa shape index (κ1) is 12.4. The molecule has 0 radical (unpaired) electrons. The molecule has 2 saturated carbocycles. The summed E-state index contributed by atoms with van der Waals surface area (Å²) in [5.41, 5.74) is 0. The first-order chi connectivity index (χ1) is 8.78. The molecule has 1 heterocycles. The highest BCUT2D eigenvalue weighted by Crippen LogP contribution is 2.49. The zero-order valence-electron chi connectivity index (χ0n) is 10.9. The molecule has 1 saturated heterocycles. The van der Waals surface area contributed by atoms with Gasteiger partial charge >= 0.3 is 0 Å². The molecule has 1 amide bonds. The minimum Gasteiger partial charge on any atom is -0.394 e. The van der Waals surface area contributed by atoms with Gasteiger partial charge in [0.1, 0.15) is 0 Å². The van der Waals surface area contributed by atoms with Crippen LogP contribution in [0.1, 0.15) is 32.1 Å². The summed E-state index contributed by atoms with van der Waals surface area (Å²) in [6.45, 7) is 1.76. The van der Waals surface area contributed by atoms with Gasteiger partial charge in [-0.1, -0.05) is 6.42 Å². The lowest BCUT2D eigenvalue weighted by molar-refractivity contribution is -0.143.